The number of amides is 1. The molecule has 1 aliphatic rings. The van der Waals surface area contributed by atoms with E-state index in [1.54, 1.807) is 27.7 Å². The van der Waals surface area contributed by atoms with Gasteiger partial charge in [-0.2, -0.15) is 0 Å². The smallest absolute Gasteiger partial charge is 0.410 e. The molecule has 1 amide bonds. The van der Waals surface area contributed by atoms with Gasteiger partial charge in [-0.05, 0) is 27.7 Å². The number of ether oxygens (including phenoxy) is 1. The lowest BCUT2D eigenvalue weighted by molar-refractivity contribution is -0.144. The molecule has 0 aromatic heterocycles. The maximum Gasteiger partial charge on any atom is 0.410 e. The summed E-state index contributed by atoms with van der Waals surface area (Å²) < 4.78 is 5.15. The average molecular weight is 245 g/mol. The van der Waals surface area contributed by atoms with E-state index >= 15 is 0 Å². The molecule has 0 radical (unpaired) electrons. The standard InChI is InChI=1S/C11H19NO5/c1-6-8(13)7(9(14)15)5-12(6)10(16)17-11(2,3)4/h6-8,13H,5H2,1-4H3,(H,14,15)/t6-,7-,8-/m1/s1. The third-order valence-corrected chi connectivity index (χ3v) is 2.74. The van der Waals surface area contributed by atoms with Crippen LogP contribution in [0.2, 0.25) is 0 Å². The Morgan fingerprint density at radius 3 is 2.24 bits per heavy atom. The number of hydrogen-bond donors (Lipinski definition) is 2. The minimum Gasteiger partial charge on any atom is -0.481 e. The number of aliphatic hydroxyl groups excluding tert-OH is 1. The number of rotatable bonds is 1. The maximum absolute atomic E-state index is 11.8. The van der Waals surface area contributed by atoms with Gasteiger partial charge in [-0.25, -0.2) is 4.79 Å². The molecule has 0 saturated carbocycles. The van der Waals surface area contributed by atoms with Crippen LogP contribution in [0, 0.1) is 5.92 Å². The van der Waals surface area contributed by atoms with E-state index in [4.69, 9.17) is 9.84 Å². The maximum atomic E-state index is 11.8. The van der Waals surface area contributed by atoms with Crippen LogP contribution in [0.25, 0.3) is 0 Å². The average Bonchev–Trinajstić information content (AvgIpc) is 2.41. The van der Waals surface area contributed by atoms with Crippen LogP contribution in [-0.2, 0) is 9.53 Å². The Morgan fingerprint density at radius 1 is 1.35 bits per heavy atom. The number of carboxylic acids is 1. The first-order valence-electron chi connectivity index (χ1n) is 5.54. The Kier molecular flexibility index (Phi) is 3.66. The zero-order valence-corrected chi connectivity index (χ0v) is 10.5. The molecule has 98 valence electrons. The number of carbonyl (C=O) groups is 2. The van der Waals surface area contributed by atoms with Crippen molar-refractivity contribution in [2.75, 3.05) is 6.54 Å². The van der Waals surface area contributed by atoms with Gasteiger partial charge in [0, 0.05) is 6.54 Å². The van der Waals surface area contributed by atoms with Gasteiger partial charge in [0.15, 0.2) is 0 Å². The van der Waals surface area contributed by atoms with Gasteiger partial charge in [-0.3, -0.25) is 4.79 Å². The second-order valence-corrected chi connectivity index (χ2v) is 5.31. The van der Waals surface area contributed by atoms with Gasteiger partial charge in [0.25, 0.3) is 0 Å². The van der Waals surface area contributed by atoms with Crippen molar-refractivity contribution >= 4 is 12.1 Å². The molecule has 3 atom stereocenters. The van der Waals surface area contributed by atoms with Gasteiger partial charge in [0.1, 0.15) is 11.5 Å². The molecular formula is C11H19NO5. The van der Waals surface area contributed by atoms with Gasteiger partial charge in [0.05, 0.1) is 12.1 Å². The molecule has 6 nitrogen and oxygen atoms in total. The third kappa shape index (κ3) is 3.09. The molecule has 6 heteroatoms. The number of aliphatic carboxylic acids is 1. The van der Waals surface area contributed by atoms with Crippen LogP contribution in [0.5, 0.6) is 0 Å². The molecule has 0 aliphatic carbocycles. The number of aliphatic hydroxyl groups is 1. The van der Waals surface area contributed by atoms with Gasteiger partial charge < -0.3 is 19.8 Å². The second-order valence-electron chi connectivity index (χ2n) is 5.31. The van der Waals surface area contributed by atoms with E-state index < -0.39 is 35.7 Å². The van der Waals surface area contributed by atoms with E-state index in [0.717, 1.165) is 0 Å². The minimum atomic E-state index is -1.10. The third-order valence-electron chi connectivity index (χ3n) is 2.74. The molecule has 1 heterocycles. The molecule has 0 unspecified atom stereocenters. The minimum absolute atomic E-state index is 0.0212. The quantitative estimate of drug-likeness (QED) is 0.709. The van der Waals surface area contributed by atoms with Crippen LogP contribution in [0.4, 0.5) is 4.79 Å². The zero-order valence-electron chi connectivity index (χ0n) is 10.5. The Labute approximate surface area is 100 Å². The summed E-state index contributed by atoms with van der Waals surface area (Å²) in [6.07, 6.45) is -1.65. The first-order valence-corrected chi connectivity index (χ1v) is 5.54. The summed E-state index contributed by atoms with van der Waals surface area (Å²) in [5, 5.41) is 18.6. The molecule has 1 fully saturated rings. The lowest BCUT2D eigenvalue weighted by Crippen LogP contribution is -2.40. The largest absolute Gasteiger partial charge is 0.481 e. The van der Waals surface area contributed by atoms with Gasteiger partial charge in [0.2, 0.25) is 0 Å². The van der Waals surface area contributed by atoms with Crippen molar-refractivity contribution in [3.05, 3.63) is 0 Å². The molecule has 0 aromatic rings. The van der Waals surface area contributed by atoms with Crippen molar-refractivity contribution in [2.45, 2.75) is 45.4 Å². The van der Waals surface area contributed by atoms with Gasteiger partial charge >= 0.3 is 12.1 Å². The molecule has 2 N–H and O–H groups in total. The Morgan fingerprint density at radius 2 is 1.88 bits per heavy atom. The summed E-state index contributed by atoms with van der Waals surface area (Å²) in [6.45, 7) is 6.79. The van der Waals surface area contributed by atoms with Crippen molar-refractivity contribution in [1.82, 2.24) is 4.90 Å². The lowest BCUT2D eigenvalue weighted by atomic mass is 10.0. The van der Waals surface area contributed by atoms with Crippen LogP contribution in [-0.4, -0.2) is 51.5 Å². The van der Waals surface area contributed by atoms with Crippen molar-refractivity contribution < 1.29 is 24.5 Å². The highest BCUT2D eigenvalue weighted by molar-refractivity contribution is 5.75. The van der Waals surface area contributed by atoms with E-state index in [9.17, 15) is 14.7 Å². The Bertz CT molecular complexity index is 322. The molecule has 17 heavy (non-hydrogen) atoms. The molecule has 0 bridgehead atoms. The summed E-state index contributed by atoms with van der Waals surface area (Å²) >= 11 is 0. The fourth-order valence-electron chi connectivity index (χ4n) is 1.79. The summed E-state index contributed by atoms with van der Waals surface area (Å²) in [7, 11) is 0. The first-order chi connectivity index (χ1) is 7.63. The summed E-state index contributed by atoms with van der Waals surface area (Å²) in [5.74, 6) is -2.05. The van der Waals surface area contributed by atoms with Crippen LogP contribution in [0.3, 0.4) is 0 Å². The van der Waals surface area contributed by atoms with Crippen molar-refractivity contribution in [1.29, 1.82) is 0 Å². The number of carbonyl (C=O) groups excluding carboxylic acids is 1. The predicted octanol–water partition coefficient (Wildman–Crippen LogP) is 0.687. The summed E-state index contributed by atoms with van der Waals surface area (Å²) in [5.41, 5.74) is -0.636. The van der Waals surface area contributed by atoms with Crippen LogP contribution in [0.1, 0.15) is 27.7 Å². The van der Waals surface area contributed by atoms with Crippen molar-refractivity contribution in [3.63, 3.8) is 0 Å². The van der Waals surface area contributed by atoms with Crippen LogP contribution >= 0.6 is 0 Å². The van der Waals surface area contributed by atoms with Crippen LogP contribution < -0.4 is 0 Å². The lowest BCUT2D eigenvalue weighted by Gasteiger charge is -2.27. The molecule has 0 spiro atoms. The van der Waals surface area contributed by atoms with Crippen molar-refractivity contribution in [3.8, 4) is 0 Å². The first kappa shape index (κ1) is 13.8. The van der Waals surface area contributed by atoms with E-state index in [2.05, 4.69) is 0 Å². The normalized spacial score (nSPS) is 29.2. The molecule has 0 aromatic carbocycles. The molecule has 1 saturated heterocycles. The van der Waals surface area contributed by atoms with E-state index in [1.807, 2.05) is 0 Å². The predicted molar refractivity (Wildman–Crippen MR) is 59.5 cm³/mol. The highest BCUT2D eigenvalue weighted by Gasteiger charge is 2.45. The van der Waals surface area contributed by atoms with Crippen LogP contribution in [0.15, 0.2) is 0 Å². The number of carboxylic acid groups (broad SMARTS) is 1. The molecule has 1 rings (SSSR count). The highest BCUT2D eigenvalue weighted by atomic mass is 16.6. The second kappa shape index (κ2) is 4.52. The SMILES string of the molecule is C[C@@H]1[C@@H](O)[C@H](C(=O)O)CN1C(=O)OC(C)(C)C. The monoisotopic (exact) mass is 245 g/mol. The van der Waals surface area contributed by atoms with Gasteiger partial charge in [-0.15, -0.1) is 0 Å². The van der Waals surface area contributed by atoms with Gasteiger partial charge in [-0.1, -0.05) is 0 Å². The Balaban J connectivity index is 2.74. The highest BCUT2D eigenvalue weighted by Crippen LogP contribution is 2.25. The zero-order chi connectivity index (χ0) is 13.4. The van der Waals surface area contributed by atoms with E-state index in [-0.39, 0.29) is 6.54 Å². The Hall–Kier alpha value is -1.30. The fraction of sp³-hybridized carbons (Fsp3) is 0.818. The fourth-order valence-corrected chi connectivity index (χ4v) is 1.79. The number of hydrogen-bond acceptors (Lipinski definition) is 4. The molecular weight excluding hydrogens is 226 g/mol. The van der Waals surface area contributed by atoms with Crippen molar-refractivity contribution in [2.24, 2.45) is 5.92 Å². The molecule has 1 aliphatic heterocycles. The summed E-state index contributed by atoms with van der Waals surface area (Å²) in [6, 6.07) is -0.550. The topological polar surface area (TPSA) is 87.1 Å². The summed E-state index contributed by atoms with van der Waals surface area (Å²) in [4.78, 5) is 23.9. The van der Waals surface area contributed by atoms with E-state index in [1.165, 1.54) is 4.90 Å². The number of nitrogens with zero attached hydrogens (tertiary/aromatic N) is 1. The van der Waals surface area contributed by atoms with E-state index in [0.29, 0.717) is 0 Å². The number of likely N-dealkylation sites (tertiary alicyclic amines) is 1.